The molecule has 2 aromatic heterocycles. The van der Waals surface area contributed by atoms with E-state index in [0.717, 1.165) is 33.4 Å². The highest BCUT2D eigenvalue weighted by Gasteiger charge is 2.19. The number of hydrogen-bond acceptors (Lipinski definition) is 2. The molecule has 0 unspecified atom stereocenters. The fourth-order valence-corrected chi connectivity index (χ4v) is 3.27. The van der Waals surface area contributed by atoms with E-state index in [4.69, 9.17) is 0 Å². The van der Waals surface area contributed by atoms with Gasteiger partial charge < -0.3 is 10.3 Å². The van der Waals surface area contributed by atoms with Crippen LogP contribution in [0, 0.1) is 27.7 Å². The predicted octanol–water partition coefficient (Wildman–Crippen LogP) is 3.49. The van der Waals surface area contributed by atoms with Crippen molar-refractivity contribution in [3.63, 3.8) is 0 Å². The van der Waals surface area contributed by atoms with Crippen LogP contribution in [0.15, 0.2) is 18.2 Å². The number of fused-ring (bicyclic) bond motifs is 1. The van der Waals surface area contributed by atoms with E-state index >= 15 is 0 Å². The molecule has 0 bridgehead atoms. The third-order valence-corrected chi connectivity index (χ3v) is 4.50. The van der Waals surface area contributed by atoms with E-state index in [0.29, 0.717) is 12.1 Å². The average molecular weight is 324 g/mol. The van der Waals surface area contributed by atoms with Crippen LogP contribution in [0.5, 0.6) is 0 Å². The van der Waals surface area contributed by atoms with Gasteiger partial charge in [0, 0.05) is 29.1 Å². The van der Waals surface area contributed by atoms with Crippen molar-refractivity contribution in [2.75, 3.05) is 0 Å². The van der Waals surface area contributed by atoms with Crippen LogP contribution in [0.1, 0.15) is 45.5 Å². The van der Waals surface area contributed by atoms with Gasteiger partial charge in [-0.25, -0.2) is 0 Å². The smallest absolute Gasteiger partial charge is 0.268 e. The Hall–Kier alpha value is -2.56. The number of rotatable bonds is 4. The van der Waals surface area contributed by atoms with E-state index in [-0.39, 0.29) is 11.9 Å². The molecule has 2 heterocycles. The Morgan fingerprint density at radius 1 is 1.21 bits per heavy atom. The number of carbonyl (C=O) groups excluding carboxylic acids is 1. The first-order valence-electron chi connectivity index (χ1n) is 8.27. The normalized spacial score (nSPS) is 12.5. The molecule has 3 rings (SSSR count). The van der Waals surface area contributed by atoms with Gasteiger partial charge in [0.1, 0.15) is 5.69 Å². The lowest BCUT2D eigenvalue weighted by molar-refractivity contribution is 0.0935. The summed E-state index contributed by atoms with van der Waals surface area (Å²) < 4.78 is 0. The molecule has 3 aromatic rings. The van der Waals surface area contributed by atoms with Crippen molar-refractivity contribution >= 4 is 16.8 Å². The van der Waals surface area contributed by atoms with E-state index in [2.05, 4.69) is 46.5 Å². The van der Waals surface area contributed by atoms with Crippen molar-refractivity contribution in [2.24, 2.45) is 0 Å². The molecule has 1 amide bonds. The number of aryl methyl sites for hydroxylation is 4. The topological polar surface area (TPSA) is 73.6 Å². The van der Waals surface area contributed by atoms with Crippen LogP contribution in [0.3, 0.4) is 0 Å². The zero-order valence-electron chi connectivity index (χ0n) is 14.9. The van der Waals surface area contributed by atoms with Gasteiger partial charge in [-0.05, 0) is 57.4 Å². The van der Waals surface area contributed by atoms with Crippen molar-refractivity contribution in [3.8, 4) is 0 Å². The summed E-state index contributed by atoms with van der Waals surface area (Å²) in [6.07, 6.45) is 0.702. The van der Waals surface area contributed by atoms with Gasteiger partial charge in [0.05, 0.1) is 5.69 Å². The first-order valence-corrected chi connectivity index (χ1v) is 8.27. The molecule has 0 aliphatic heterocycles. The van der Waals surface area contributed by atoms with E-state index in [9.17, 15) is 4.79 Å². The molecule has 0 fully saturated rings. The molecule has 0 aliphatic rings. The minimum Gasteiger partial charge on any atom is -0.350 e. The van der Waals surface area contributed by atoms with Gasteiger partial charge in [-0.1, -0.05) is 12.1 Å². The first-order chi connectivity index (χ1) is 11.4. The summed E-state index contributed by atoms with van der Waals surface area (Å²) in [5, 5.41) is 11.4. The van der Waals surface area contributed by atoms with Crippen LogP contribution in [-0.2, 0) is 6.42 Å². The Balaban J connectivity index is 1.82. The van der Waals surface area contributed by atoms with Crippen molar-refractivity contribution in [1.82, 2.24) is 20.5 Å². The van der Waals surface area contributed by atoms with Crippen LogP contribution >= 0.6 is 0 Å². The highest BCUT2D eigenvalue weighted by atomic mass is 16.1. The number of nitrogens with one attached hydrogen (secondary N) is 3. The highest BCUT2D eigenvalue weighted by molar-refractivity contribution is 6.02. The SMILES string of the molecule is Cc1cc(C[C@H](C)NC(=O)c2[nH]c3c(C)ccc(C)c3c2C)n[nH]1. The second-order valence-electron chi connectivity index (χ2n) is 6.70. The van der Waals surface area contributed by atoms with Gasteiger partial charge in [0.25, 0.3) is 5.91 Å². The maximum absolute atomic E-state index is 12.7. The number of H-pyrrole nitrogens is 2. The maximum Gasteiger partial charge on any atom is 0.268 e. The van der Waals surface area contributed by atoms with E-state index in [1.165, 1.54) is 5.56 Å². The quantitative estimate of drug-likeness (QED) is 0.687. The average Bonchev–Trinajstić information content (AvgIpc) is 3.07. The zero-order valence-corrected chi connectivity index (χ0v) is 14.9. The zero-order chi connectivity index (χ0) is 17.4. The van der Waals surface area contributed by atoms with E-state index in [1.807, 2.05) is 26.8 Å². The van der Waals surface area contributed by atoms with Crippen molar-refractivity contribution in [2.45, 2.75) is 47.1 Å². The van der Waals surface area contributed by atoms with Gasteiger partial charge in [-0.2, -0.15) is 5.10 Å². The summed E-state index contributed by atoms with van der Waals surface area (Å²) >= 11 is 0. The lowest BCUT2D eigenvalue weighted by Crippen LogP contribution is -2.34. The number of amides is 1. The monoisotopic (exact) mass is 324 g/mol. The van der Waals surface area contributed by atoms with Crippen LogP contribution in [0.25, 0.3) is 10.9 Å². The summed E-state index contributed by atoms with van der Waals surface area (Å²) in [6, 6.07) is 6.19. The Morgan fingerprint density at radius 2 is 1.92 bits per heavy atom. The van der Waals surface area contributed by atoms with E-state index in [1.54, 1.807) is 0 Å². The molecule has 1 atom stereocenters. The maximum atomic E-state index is 12.7. The summed E-state index contributed by atoms with van der Waals surface area (Å²) in [5.74, 6) is -0.0674. The molecule has 0 aliphatic carbocycles. The lowest BCUT2D eigenvalue weighted by Gasteiger charge is -2.12. The molecule has 0 saturated heterocycles. The van der Waals surface area contributed by atoms with Gasteiger partial charge in [-0.15, -0.1) is 0 Å². The van der Waals surface area contributed by atoms with Crippen molar-refractivity contribution < 1.29 is 4.79 Å². The second kappa shape index (κ2) is 6.15. The molecule has 0 spiro atoms. The Kier molecular flexibility index (Phi) is 4.18. The molecular formula is C19H24N4O. The molecular weight excluding hydrogens is 300 g/mol. The predicted molar refractivity (Wildman–Crippen MR) is 96.5 cm³/mol. The molecule has 0 saturated carbocycles. The van der Waals surface area contributed by atoms with Gasteiger partial charge >= 0.3 is 0 Å². The molecule has 5 nitrogen and oxygen atoms in total. The van der Waals surface area contributed by atoms with Crippen LogP contribution in [-0.4, -0.2) is 27.1 Å². The number of hydrogen-bond donors (Lipinski definition) is 3. The van der Waals surface area contributed by atoms with Crippen molar-refractivity contribution in [1.29, 1.82) is 0 Å². The fourth-order valence-electron chi connectivity index (χ4n) is 3.27. The number of benzene rings is 1. The van der Waals surface area contributed by atoms with Gasteiger partial charge in [0.15, 0.2) is 0 Å². The minimum atomic E-state index is -0.0674. The summed E-state index contributed by atoms with van der Waals surface area (Å²) in [6.45, 7) is 10.1. The Labute approximate surface area is 141 Å². The molecule has 0 radical (unpaired) electrons. The van der Waals surface area contributed by atoms with Crippen LogP contribution < -0.4 is 5.32 Å². The van der Waals surface area contributed by atoms with Crippen LogP contribution in [0.4, 0.5) is 0 Å². The third-order valence-electron chi connectivity index (χ3n) is 4.50. The largest absolute Gasteiger partial charge is 0.350 e. The minimum absolute atomic E-state index is 0.00760. The summed E-state index contributed by atoms with van der Waals surface area (Å²) in [4.78, 5) is 16.0. The Bertz CT molecular complexity index is 904. The number of carbonyl (C=O) groups is 1. The van der Waals surface area contributed by atoms with Crippen molar-refractivity contribution in [3.05, 3.63) is 52.0 Å². The fraction of sp³-hybridized carbons (Fsp3) is 0.368. The van der Waals surface area contributed by atoms with Crippen LogP contribution in [0.2, 0.25) is 0 Å². The van der Waals surface area contributed by atoms with Gasteiger partial charge in [0.2, 0.25) is 0 Å². The first kappa shape index (κ1) is 16.3. The molecule has 126 valence electrons. The summed E-state index contributed by atoms with van der Waals surface area (Å²) in [7, 11) is 0. The lowest BCUT2D eigenvalue weighted by atomic mass is 10.0. The number of aromatic nitrogens is 3. The summed E-state index contributed by atoms with van der Waals surface area (Å²) in [5.41, 5.74) is 7.02. The standard InChI is InChI=1S/C19H24N4O/c1-10-6-7-11(2)17-16(10)14(5)18(21-17)19(24)20-12(3)8-15-9-13(4)22-23-15/h6-7,9,12,21H,8H2,1-5H3,(H,20,24)(H,22,23)/t12-/m0/s1. The molecule has 24 heavy (non-hydrogen) atoms. The highest BCUT2D eigenvalue weighted by Crippen LogP contribution is 2.27. The third kappa shape index (κ3) is 2.94. The second-order valence-corrected chi connectivity index (χ2v) is 6.70. The molecule has 5 heteroatoms. The Morgan fingerprint density at radius 3 is 2.54 bits per heavy atom. The number of aromatic amines is 2. The molecule has 3 N–H and O–H groups in total. The van der Waals surface area contributed by atoms with Gasteiger partial charge in [-0.3, -0.25) is 9.89 Å². The van der Waals surface area contributed by atoms with E-state index < -0.39 is 0 Å². The number of nitrogens with zero attached hydrogens (tertiary/aromatic N) is 1. The molecule has 1 aromatic carbocycles.